The van der Waals surface area contributed by atoms with Crippen LogP contribution in [0.25, 0.3) is 0 Å². The van der Waals surface area contributed by atoms with Gasteiger partial charge in [0.2, 0.25) is 0 Å². The number of nitrogens with zero attached hydrogens (tertiary/aromatic N) is 2. The summed E-state index contributed by atoms with van der Waals surface area (Å²) < 4.78 is 10.8. The minimum absolute atomic E-state index is 0.109. The Morgan fingerprint density at radius 2 is 2.14 bits per heavy atom. The van der Waals surface area contributed by atoms with Crippen molar-refractivity contribution in [2.24, 2.45) is 0 Å². The second-order valence-electron chi connectivity index (χ2n) is 4.18. The zero-order valence-electron chi connectivity index (χ0n) is 11.7. The number of carbonyl (C=O) groups is 1. The normalized spacial score (nSPS) is 10.5. The van der Waals surface area contributed by atoms with Crippen LogP contribution in [0, 0.1) is 6.92 Å². The van der Waals surface area contributed by atoms with Crippen LogP contribution in [0.15, 0.2) is 16.9 Å². The van der Waals surface area contributed by atoms with Gasteiger partial charge in [0.25, 0.3) is 5.56 Å². The number of hydrogen-bond donors (Lipinski definition) is 0. The van der Waals surface area contributed by atoms with Gasteiger partial charge in [0.05, 0.1) is 26.8 Å². The molecule has 0 saturated carbocycles. The third kappa shape index (κ3) is 3.25. The summed E-state index contributed by atoms with van der Waals surface area (Å²) in [7, 11) is 2.74. The van der Waals surface area contributed by atoms with Gasteiger partial charge in [-0.1, -0.05) is 11.6 Å². The summed E-state index contributed by atoms with van der Waals surface area (Å²) in [6.07, 6.45) is 0. The fourth-order valence-corrected chi connectivity index (χ4v) is 2.92. The molecule has 2 aromatic rings. The summed E-state index contributed by atoms with van der Waals surface area (Å²) in [6, 6.07) is 2.97. The highest BCUT2D eigenvalue weighted by Gasteiger charge is 2.14. The molecule has 0 unspecified atom stereocenters. The van der Waals surface area contributed by atoms with Gasteiger partial charge in [-0.2, -0.15) is 5.10 Å². The first-order valence-electron chi connectivity index (χ1n) is 5.95. The third-order valence-electron chi connectivity index (χ3n) is 2.87. The van der Waals surface area contributed by atoms with Gasteiger partial charge in [-0.15, -0.1) is 11.3 Å². The first-order valence-corrected chi connectivity index (χ1v) is 7.15. The summed E-state index contributed by atoms with van der Waals surface area (Å²) in [6.45, 7) is 2.09. The molecule has 0 radical (unpaired) electrons. The van der Waals surface area contributed by atoms with Crippen LogP contribution >= 0.6 is 22.9 Å². The molecule has 0 atom stereocenters. The number of rotatable bonds is 4. The third-order valence-corrected chi connectivity index (χ3v) is 4.20. The summed E-state index contributed by atoms with van der Waals surface area (Å²) in [4.78, 5) is 24.8. The van der Waals surface area contributed by atoms with Crippen molar-refractivity contribution in [3.05, 3.63) is 43.0 Å². The fourth-order valence-electron chi connectivity index (χ4n) is 1.75. The van der Waals surface area contributed by atoms with E-state index in [4.69, 9.17) is 16.3 Å². The molecule has 0 N–H and O–H groups in total. The van der Waals surface area contributed by atoms with Crippen molar-refractivity contribution >= 4 is 28.9 Å². The molecule has 0 aliphatic carbocycles. The molecular weight excluding hydrogens is 316 g/mol. The molecule has 2 heterocycles. The highest BCUT2D eigenvalue weighted by molar-refractivity contribution is 7.14. The highest BCUT2D eigenvalue weighted by atomic mass is 35.5. The first kappa shape index (κ1) is 15.5. The van der Waals surface area contributed by atoms with Crippen molar-refractivity contribution in [2.75, 3.05) is 14.2 Å². The maximum atomic E-state index is 11.9. The van der Waals surface area contributed by atoms with Gasteiger partial charge in [-0.3, -0.25) is 4.79 Å². The minimum Gasteiger partial charge on any atom is -0.493 e. The number of esters is 1. The van der Waals surface area contributed by atoms with Crippen LogP contribution in [0.5, 0.6) is 5.75 Å². The molecule has 0 saturated heterocycles. The van der Waals surface area contributed by atoms with E-state index < -0.39 is 5.97 Å². The predicted molar refractivity (Wildman–Crippen MR) is 79.6 cm³/mol. The van der Waals surface area contributed by atoms with Crippen LogP contribution in [0.2, 0.25) is 5.15 Å². The van der Waals surface area contributed by atoms with Crippen molar-refractivity contribution < 1.29 is 14.3 Å². The Morgan fingerprint density at radius 1 is 1.43 bits per heavy atom. The Labute approximate surface area is 129 Å². The lowest BCUT2D eigenvalue weighted by atomic mass is 10.2. The number of aromatic nitrogens is 2. The van der Waals surface area contributed by atoms with E-state index in [1.165, 1.54) is 36.3 Å². The Bertz CT molecular complexity index is 738. The maximum Gasteiger partial charge on any atom is 0.348 e. The summed E-state index contributed by atoms with van der Waals surface area (Å²) in [5, 5.41) is 4.10. The smallest absolute Gasteiger partial charge is 0.348 e. The molecule has 0 aromatic carbocycles. The molecule has 2 rings (SSSR count). The Hall–Kier alpha value is -1.86. The lowest BCUT2D eigenvalue weighted by molar-refractivity contribution is 0.0606. The predicted octanol–water partition coefficient (Wildman–Crippen LogP) is 2.11. The van der Waals surface area contributed by atoms with Crippen LogP contribution in [0.3, 0.4) is 0 Å². The molecule has 6 nitrogen and oxygen atoms in total. The molecule has 112 valence electrons. The highest BCUT2D eigenvalue weighted by Crippen LogP contribution is 2.23. The average molecular weight is 329 g/mol. The number of halogens is 1. The van der Waals surface area contributed by atoms with Crippen molar-refractivity contribution in [3.63, 3.8) is 0 Å². The van der Waals surface area contributed by atoms with Crippen LogP contribution < -0.4 is 10.3 Å². The molecule has 0 aliphatic rings. The molecule has 0 spiro atoms. The number of hydrogen-bond acceptors (Lipinski definition) is 6. The molecule has 21 heavy (non-hydrogen) atoms. The molecule has 8 heteroatoms. The van der Waals surface area contributed by atoms with Gasteiger partial charge in [-0.05, 0) is 18.6 Å². The van der Waals surface area contributed by atoms with Gasteiger partial charge in [0.1, 0.15) is 4.88 Å². The van der Waals surface area contributed by atoms with Gasteiger partial charge < -0.3 is 9.47 Å². The monoisotopic (exact) mass is 328 g/mol. The van der Waals surface area contributed by atoms with E-state index >= 15 is 0 Å². The van der Waals surface area contributed by atoms with Gasteiger partial charge >= 0.3 is 5.97 Å². The minimum atomic E-state index is -0.401. The summed E-state index contributed by atoms with van der Waals surface area (Å²) in [5.74, 6) is -0.169. The van der Waals surface area contributed by atoms with E-state index in [2.05, 4.69) is 9.84 Å². The first-order chi connectivity index (χ1) is 9.96. The van der Waals surface area contributed by atoms with E-state index in [9.17, 15) is 9.59 Å². The number of methoxy groups -OCH3 is 2. The Balaban J connectivity index is 2.35. The quantitative estimate of drug-likeness (QED) is 0.804. The average Bonchev–Trinajstić information content (AvgIpc) is 2.83. The van der Waals surface area contributed by atoms with Gasteiger partial charge in [0, 0.05) is 4.88 Å². The van der Waals surface area contributed by atoms with Crippen molar-refractivity contribution in [3.8, 4) is 5.75 Å². The van der Waals surface area contributed by atoms with Crippen LogP contribution in [0.1, 0.15) is 20.1 Å². The lowest BCUT2D eigenvalue weighted by Crippen LogP contribution is -2.23. The van der Waals surface area contributed by atoms with E-state index in [-0.39, 0.29) is 23.0 Å². The number of carbonyl (C=O) groups excluding carboxylic acids is 1. The fraction of sp³-hybridized carbons (Fsp3) is 0.308. The Kier molecular flexibility index (Phi) is 4.64. The second kappa shape index (κ2) is 6.28. The van der Waals surface area contributed by atoms with Crippen molar-refractivity contribution in [1.29, 1.82) is 0 Å². The van der Waals surface area contributed by atoms with E-state index in [0.29, 0.717) is 4.88 Å². The largest absolute Gasteiger partial charge is 0.493 e. The van der Waals surface area contributed by atoms with Crippen molar-refractivity contribution in [2.45, 2.75) is 13.5 Å². The number of aryl methyl sites for hydroxylation is 1. The lowest BCUT2D eigenvalue weighted by Gasteiger charge is -2.07. The SMILES string of the molecule is COC(=O)c1cc(Cn2nc(Cl)c(OC)cc2=O)c(C)s1. The molecule has 2 aromatic heterocycles. The van der Waals surface area contributed by atoms with Gasteiger partial charge in [-0.25, -0.2) is 9.48 Å². The maximum absolute atomic E-state index is 11.9. The molecule has 0 fully saturated rings. The number of thiophene rings is 1. The molecular formula is C13H13ClN2O4S. The van der Waals surface area contributed by atoms with Crippen LogP contribution in [-0.4, -0.2) is 30.0 Å². The van der Waals surface area contributed by atoms with Crippen LogP contribution in [-0.2, 0) is 11.3 Å². The van der Waals surface area contributed by atoms with Crippen molar-refractivity contribution in [1.82, 2.24) is 9.78 Å². The second-order valence-corrected chi connectivity index (χ2v) is 5.80. The van der Waals surface area contributed by atoms with E-state index in [1.807, 2.05) is 6.92 Å². The zero-order chi connectivity index (χ0) is 15.6. The molecule has 0 amide bonds. The topological polar surface area (TPSA) is 70.4 Å². The standard InChI is InChI=1S/C13H13ClN2O4S/c1-7-8(4-10(21-7)13(18)20-3)6-16-11(17)5-9(19-2)12(14)15-16/h4-5H,6H2,1-3H3. The molecule has 0 aliphatic heterocycles. The molecule has 0 bridgehead atoms. The summed E-state index contributed by atoms with van der Waals surface area (Å²) >= 11 is 7.23. The summed E-state index contributed by atoms with van der Waals surface area (Å²) in [5.41, 5.74) is 0.484. The number of ether oxygens (including phenoxy) is 2. The van der Waals surface area contributed by atoms with Gasteiger partial charge in [0.15, 0.2) is 10.9 Å². The Morgan fingerprint density at radius 3 is 2.76 bits per heavy atom. The zero-order valence-corrected chi connectivity index (χ0v) is 13.2. The van der Waals surface area contributed by atoms with Crippen LogP contribution in [0.4, 0.5) is 0 Å². The van der Waals surface area contributed by atoms with E-state index in [0.717, 1.165) is 10.4 Å². The van der Waals surface area contributed by atoms with E-state index in [1.54, 1.807) is 6.07 Å².